The van der Waals surface area contributed by atoms with E-state index in [0.717, 1.165) is 5.56 Å². The molecule has 0 atom stereocenters. The van der Waals surface area contributed by atoms with Crippen LogP contribution in [0, 0.1) is 6.92 Å². The highest BCUT2D eigenvalue weighted by Crippen LogP contribution is 2.12. The number of ether oxygens (including phenoxy) is 1. The van der Waals surface area contributed by atoms with E-state index in [2.05, 4.69) is 0 Å². The Morgan fingerprint density at radius 2 is 1.77 bits per heavy atom. The molecule has 0 radical (unpaired) electrons. The predicted octanol–water partition coefficient (Wildman–Crippen LogP) is 0.393. The van der Waals surface area contributed by atoms with Gasteiger partial charge in [-0.05, 0) is 24.6 Å². The van der Waals surface area contributed by atoms with Gasteiger partial charge in [-0.15, -0.1) is 0 Å². The van der Waals surface area contributed by atoms with Crippen LogP contribution < -0.4 is 10.5 Å². The van der Waals surface area contributed by atoms with Crippen LogP contribution in [-0.4, -0.2) is 60.9 Å². The van der Waals surface area contributed by atoms with E-state index in [0.29, 0.717) is 44.9 Å². The number of piperazine rings is 1. The van der Waals surface area contributed by atoms with Crippen molar-refractivity contribution in [2.24, 2.45) is 5.73 Å². The summed E-state index contributed by atoms with van der Waals surface area (Å²) in [7, 11) is 0. The molecule has 1 aliphatic rings. The molecule has 1 aromatic rings. The van der Waals surface area contributed by atoms with Gasteiger partial charge in [0.25, 0.3) is 5.91 Å². The number of carbonyl (C=O) groups is 2. The number of nitrogens with two attached hydrogens (primary N) is 1. The average Bonchev–Trinajstić information content (AvgIpc) is 2.53. The maximum absolute atomic E-state index is 12.1. The van der Waals surface area contributed by atoms with Crippen molar-refractivity contribution in [1.29, 1.82) is 0 Å². The summed E-state index contributed by atoms with van der Waals surface area (Å²) in [5.74, 6) is 0.711. The second kappa shape index (κ2) is 7.79. The molecular weight excluding hydrogens is 282 g/mol. The number of amides is 2. The standard InChI is InChI=1S/C16H23N3O3/c1-13-3-2-4-14(11-13)22-12-16(21)19-9-7-18(8-10-19)15(20)5-6-17/h2-4,11H,5-10,12,17H2,1H3. The summed E-state index contributed by atoms with van der Waals surface area (Å²) in [5, 5.41) is 0. The van der Waals surface area contributed by atoms with Crippen LogP contribution in [0.2, 0.25) is 0 Å². The molecule has 1 fully saturated rings. The Balaban J connectivity index is 1.76. The Kier molecular flexibility index (Phi) is 5.77. The van der Waals surface area contributed by atoms with Crippen LogP contribution in [0.5, 0.6) is 5.75 Å². The van der Waals surface area contributed by atoms with Crippen molar-refractivity contribution >= 4 is 11.8 Å². The van der Waals surface area contributed by atoms with E-state index in [-0.39, 0.29) is 18.4 Å². The molecule has 22 heavy (non-hydrogen) atoms. The molecule has 0 bridgehead atoms. The molecule has 1 heterocycles. The lowest BCUT2D eigenvalue weighted by molar-refractivity contribution is -0.140. The number of nitrogens with zero attached hydrogens (tertiary/aromatic N) is 2. The zero-order valence-electron chi connectivity index (χ0n) is 13.0. The zero-order chi connectivity index (χ0) is 15.9. The van der Waals surface area contributed by atoms with E-state index >= 15 is 0 Å². The minimum Gasteiger partial charge on any atom is -0.484 e. The van der Waals surface area contributed by atoms with Crippen molar-refractivity contribution < 1.29 is 14.3 Å². The van der Waals surface area contributed by atoms with Crippen LogP contribution >= 0.6 is 0 Å². The molecule has 0 unspecified atom stereocenters. The number of carbonyl (C=O) groups excluding carboxylic acids is 2. The molecule has 1 saturated heterocycles. The maximum Gasteiger partial charge on any atom is 0.260 e. The maximum atomic E-state index is 12.1. The minimum absolute atomic E-state index is 0.0280. The fourth-order valence-electron chi connectivity index (χ4n) is 2.43. The van der Waals surface area contributed by atoms with Gasteiger partial charge in [-0.25, -0.2) is 0 Å². The largest absolute Gasteiger partial charge is 0.484 e. The molecule has 0 spiro atoms. The fraction of sp³-hybridized carbons (Fsp3) is 0.500. The van der Waals surface area contributed by atoms with E-state index in [1.165, 1.54) is 0 Å². The highest BCUT2D eigenvalue weighted by molar-refractivity contribution is 5.79. The van der Waals surface area contributed by atoms with Crippen LogP contribution in [0.1, 0.15) is 12.0 Å². The second-order valence-electron chi connectivity index (χ2n) is 5.41. The number of aryl methyl sites for hydroxylation is 1. The minimum atomic E-state index is -0.0487. The smallest absolute Gasteiger partial charge is 0.260 e. The van der Waals surface area contributed by atoms with Crippen LogP contribution in [0.4, 0.5) is 0 Å². The molecule has 120 valence electrons. The van der Waals surface area contributed by atoms with Crippen molar-refractivity contribution in [3.63, 3.8) is 0 Å². The fourth-order valence-corrected chi connectivity index (χ4v) is 2.43. The summed E-state index contributed by atoms with van der Waals surface area (Å²) < 4.78 is 5.53. The Bertz CT molecular complexity index is 525. The number of benzene rings is 1. The number of hydrogen-bond donors (Lipinski definition) is 1. The van der Waals surface area contributed by atoms with Gasteiger partial charge in [0.1, 0.15) is 5.75 Å². The third-order valence-corrected chi connectivity index (χ3v) is 3.70. The quantitative estimate of drug-likeness (QED) is 0.854. The lowest BCUT2D eigenvalue weighted by atomic mass is 10.2. The van der Waals surface area contributed by atoms with Crippen molar-refractivity contribution in [3.05, 3.63) is 29.8 Å². The van der Waals surface area contributed by atoms with E-state index in [1.54, 1.807) is 9.80 Å². The third-order valence-electron chi connectivity index (χ3n) is 3.70. The Morgan fingerprint density at radius 3 is 2.36 bits per heavy atom. The first-order valence-electron chi connectivity index (χ1n) is 7.55. The Morgan fingerprint density at radius 1 is 1.14 bits per heavy atom. The Labute approximate surface area is 130 Å². The van der Waals surface area contributed by atoms with Crippen LogP contribution in [0.25, 0.3) is 0 Å². The lowest BCUT2D eigenvalue weighted by Crippen LogP contribution is -2.51. The van der Waals surface area contributed by atoms with E-state index in [4.69, 9.17) is 10.5 Å². The topological polar surface area (TPSA) is 75.9 Å². The van der Waals surface area contributed by atoms with Gasteiger partial charge in [0, 0.05) is 39.1 Å². The summed E-state index contributed by atoms with van der Waals surface area (Å²) in [6, 6.07) is 7.61. The monoisotopic (exact) mass is 305 g/mol. The number of rotatable bonds is 5. The van der Waals surface area contributed by atoms with Crippen LogP contribution in [0.3, 0.4) is 0 Å². The van der Waals surface area contributed by atoms with Crippen molar-refractivity contribution in [2.45, 2.75) is 13.3 Å². The summed E-state index contributed by atoms with van der Waals surface area (Å²) in [6.07, 6.45) is 0.365. The molecule has 1 aliphatic heterocycles. The molecule has 0 saturated carbocycles. The van der Waals surface area contributed by atoms with Gasteiger partial charge < -0.3 is 20.3 Å². The first-order chi connectivity index (χ1) is 10.6. The summed E-state index contributed by atoms with van der Waals surface area (Å²) in [4.78, 5) is 27.4. The first kappa shape index (κ1) is 16.3. The first-order valence-corrected chi connectivity index (χ1v) is 7.55. The third kappa shape index (κ3) is 4.46. The zero-order valence-corrected chi connectivity index (χ0v) is 13.0. The van der Waals surface area contributed by atoms with Crippen molar-refractivity contribution in [3.8, 4) is 5.75 Å². The second-order valence-corrected chi connectivity index (χ2v) is 5.41. The van der Waals surface area contributed by atoms with Gasteiger partial charge in [0.2, 0.25) is 5.91 Å². The van der Waals surface area contributed by atoms with Gasteiger partial charge in [-0.3, -0.25) is 9.59 Å². The normalized spacial score (nSPS) is 14.8. The van der Waals surface area contributed by atoms with E-state index < -0.39 is 0 Å². The summed E-state index contributed by atoms with van der Waals surface area (Å²) >= 11 is 0. The molecule has 6 nitrogen and oxygen atoms in total. The molecule has 2 rings (SSSR count). The summed E-state index contributed by atoms with van der Waals surface area (Å²) in [5.41, 5.74) is 6.48. The van der Waals surface area contributed by atoms with Gasteiger partial charge in [-0.1, -0.05) is 12.1 Å². The average molecular weight is 305 g/mol. The Hall–Kier alpha value is -2.08. The van der Waals surface area contributed by atoms with Crippen LogP contribution in [0.15, 0.2) is 24.3 Å². The lowest BCUT2D eigenvalue weighted by Gasteiger charge is -2.34. The number of hydrogen-bond acceptors (Lipinski definition) is 4. The van der Waals surface area contributed by atoms with Crippen LogP contribution in [-0.2, 0) is 9.59 Å². The van der Waals surface area contributed by atoms with Gasteiger partial charge >= 0.3 is 0 Å². The molecule has 0 aliphatic carbocycles. The molecular formula is C16H23N3O3. The predicted molar refractivity (Wildman–Crippen MR) is 83.5 cm³/mol. The molecule has 1 aromatic carbocycles. The van der Waals surface area contributed by atoms with Gasteiger partial charge in [0.15, 0.2) is 6.61 Å². The molecule has 6 heteroatoms. The van der Waals surface area contributed by atoms with E-state index in [9.17, 15) is 9.59 Å². The van der Waals surface area contributed by atoms with Gasteiger partial charge in [-0.2, -0.15) is 0 Å². The summed E-state index contributed by atoms with van der Waals surface area (Å²) in [6.45, 7) is 4.59. The molecule has 2 N–H and O–H groups in total. The molecule has 0 aromatic heterocycles. The van der Waals surface area contributed by atoms with Crippen molar-refractivity contribution in [1.82, 2.24) is 9.80 Å². The highest BCUT2D eigenvalue weighted by Gasteiger charge is 2.23. The molecule has 2 amide bonds. The SMILES string of the molecule is Cc1cccc(OCC(=O)N2CCN(C(=O)CCN)CC2)c1. The highest BCUT2D eigenvalue weighted by atomic mass is 16.5. The van der Waals surface area contributed by atoms with Crippen molar-refractivity contribution in [2.75, 3.05) is 39.3 Å². The van der Waals surface area contributed by atoms with Gasteiger partial charge in [0.05, 0.1) is 0 Å². The van der Waals surface area contributed by atoms with E-state index in [1.807, 2.05) is 31.2 Å².